The maximum atomic E-state index is 13.9. The lowest BCUT2D eigenvalue weighted by atomic mass is 9.86. The smallest absolute Gasteiger partial charge is 0.416 e. The van der Waals surface area contributed by atoms with Crippen molar-refractivity contribution >= 4 is 22.8 Å². The van der Waals surface area contributed by atoms with E-state index in [0.29, 0.717) is 10.9 Å². The van der Waals surface area contributed by atoms with E-state index in [1.807, 2.05) is 0 Å². The predicted octanol–water partition coefficient (Wildman–Crippen LogP) is 5.20. The summed E-state index contributed by atoms with van der Waals surface area (Å²) in [6.45, 7) is 4.69. The molecule has 1 atom stereocenters. The number of hydrogen-bond donors (Lipinski definition) is 2. The van der Waals surface area contributed by atoms with Gasteiger partial charge < -0.3 is 15.2 Å². The van der Waals surface area contributed by atoms with Crippen LogP contribution >= 0.6 is 0 Å². The van der Waals surface area contributed by atoms with E-state index in [-0.39, 0.29) is 23.4 Å². The summed E-state index contributed by atoms with van der Waals surface area (Å²) >= 11 is 0. The Hall–Kier alpha value is -3.69. The Labute approximate surface area is 192 Å². The van der Waals surface area contributed by atoms with Crippen LogP contribution in [0.5, 0.6) is 5.75 Å². The third-order valence-electron chi connectivity index (χ3n) is 5.08. The minimum atomic E-state index is -4.49. The molecule has 2 N–H and O–H groups in total. The number of nitrogens with zero attached hydrogens (tertiary/aromatic N) is 1. The van der Waals surface area contributed by atoms with E-state index >= 15 is 0 Å². The van der Waals surface area contributed by atoms with E-state index in [9.17, 15) is 32.3 Å². The van der Waals surface area contributed by atoms with Gasteiger partial charge in [-0.1, -0.05) is 39.0 Å². The van der Waals surface area contributed by atoms with Crippen molar-refractivity contribution in [1.82, 2.24) is 10.3 Å². The third-order valence-corrected chi connectivity index (χ3v) is 5.08. The summed E-state index contributed by atoms with van der Waals surface area (Å²) in [4.78, 5) is 28.5. The minimum absolute atomic E-state index is 0.0159. The second-order valence-corrected chi connectivity index (χ2v) is 8.74. The van der Waals surface area contributed by atoms with Crippen molar-refractivity contribution < 1.29 is 37.0 Å². The summed E-state index contributed by atoms with van der Waals surface area (Å²) in [7, 11) is 0. The lowest BCUT2D eigenvalue weighted by molar-refractivity contribution is -0.142. The van der Waals surface area contributed by atoms with Crippen molar-refractivity contribution in [3.8, 4) is 5.75 Å². The zero-order valence-electron chi connectivity index (χ0n) is 18.5. The Morgan fingerprint density at radius 3 is 2.21 bits per heavy atom. The van der Waals surface area contributed by atoms with E-state index in [1.165, 1.54) is 30.3 Å². The van der Waals surface area contributed by atoms with Gasteiger partial charge in [-0.2, -0.15) is 17.6 Å². The minimum Gasteiger partial charge on any atom is -0.486 e. The van der Waals surface area contributed by atoms with Crippen LogP contribution in [-0.4, -0.2) is 28.0 Å². The number of carboxylic acid groups (broad SMARTS) is 1. The van der Waals surface area contributed by atoms with Crippen LogP contribution in [0.4, 0.5) is 17.6 Å². The summed E-state index contributed by atoms with van der Waals surface area (Å²) in [5, 5.41) is 12.4. The van der Waals surface area contributed by atoms with Crippen molar-refractivity contribution in [2.24, 2.45) is 5.41 Å². The Morgan fingerprint density at radius 1 is 1.03 bits per heavy atom. The number of ether oxygens (including phenoxy) is 1. The van der Waals surface area contributed by atoms with Gasteiger partial charge in [0.15, 0.2) is 5.75 Å². The molecule has 2 aromatic carbocycles. The van der Waals surface area contributed by atoms with Gasteiger partial charge in [0.05, 0.1) is 11.1 Å². The number of hydrogen-bond acceptors (Lipinski definition) is 4. The molecule has 0 unspecified atom stereocenters. The number of carbonyl (C=O) groups is 2. The number of fused-ring (bicyclic) bond motifs is 1. The first kappa shape index (κ1) is 24.9. The monoisotopic (exact) mass is 478 g/mol. The topological polar surface area (TPSA) is 88.5 Å². The number of carboxylic acids is 1. The number of aliphatic carboxylic acids is 1. The highest BCUT2D eigenvalue weighted by Gasteiger charge is 2.34. The molecular weight excluding hydrogens is 456 g/mol. The first-order chi connectivity index (χ1) is 15.8. The van der Waals surface area contributed by atoms with E-state index in [2.05, 4.69) is 10.3 Å². The van der Waals surface area contributed by atoms with Gasteiger partial charge in [0.2, 0.25) is 5.95 Å². The van der Waals surface area contributed by atoms with E-state index in [4.69, 9.17) is 4.74 Å². The van der Waals surface area contributed by atoms with E-state index < -0.39 is 41.0 Å². The Morgan fingerprint density at radius 2 is 1.65 bits per heavy atom. The quantitative estimate of drug-likeness (QED) is 0.376. The molecule has 0 bridgehead atoms. The Bertz CT molecular complexity index is 1220. The zero-order chi connectivity index (χ0) is 25.3. The van der Waals surface area contributed by atoms with Crippen LogP contribution in [0.1, 0.15) is 42.3 Å². The standard InChI is InChI=1S/C24H22F4N2O4/c1-23(2,3)20(22(32)33)30-21(31)16-10-6-14-7-11-17(25)29-18(14)19(16)34-12-13-4-8-15(9-5-13)24(26,27)28/h4-11,20H,12H2,1-3H3,(H,30,31)(H,32,33)/t20-/m1/s1. The number of alkyl halides is 3. The van der Waals surface area contributed by atoms with Crippen LogP contribution in [0.3, 0.4) is 0 Å². The molecule has 0 fully saturated rings. The van der Waals surface area contributed by atoms with Crippen LogP contribution in [0.25, 0.3) is 10.9 Å². The van der Waals surface area contributed by atoms with Crippen molar-refractivity contribution in [3.05, 3.63) is 71.2 Å². The lowest BCUT2D eigenvalue weighted by Gasteiger charge is -2.28. The van der Waals surface area contributed by atoms with E-state index in [0.717, 1.165) is 18.2 Å². The molecule has 0 aliphatic heterocycles. The summed E-state index contributed by atoms with van der Waals surface area (Å²) in [6.07, 6.45) is -4.49. The van der Waals surface area contributed by atoms with Crippen molar-refractivity contribution in [1.29, 1.82) is 0 Å². The highest BCUT2D eigenvalue weighted by molar-refractivity contribution is 6.04. The van der Waals surface area contributed by atoms with Gasteiger partial charge in [0, 0.05) is 5.39 Å². The van der Waals surface area contributed by atoms with Crippen molar-refractivity contribution in [2.45, 2.75) is 39.6 Å². The third kappa shape index (κ3) is 5.62. The van der Waals surface area contributed by atoms with Crippen LogP contribution in [0, 0.1) is 11.4 Å². The first-order valence-corrected chi connectivity index (χ1v) is 10.2. The summed E-state index contributed by atoms with van der Waals surface area (Å²) < 4.78 is 58.1. The number of nitrogens with one attached hydrogen (secondary N) is 1. The number of amides is 1. The second-order valence-electron chi connectivity index (χ2n) is 8.74. The van der Waals surface area contributed by atoms with Crippen LogP contribution in [0.15, 0.2) is 48.5 Å². The van der Waals surface area contributed by atoms with Crippen molar-refractivity contribution in [3.63, 3.8) is 0 Å². The van der Waals surface area contributed by atoms with E-state index in [1.54, 1.807) is 20.8 Å². The van der Waals surface area contributed by atoms with Crippen LogP contribution in [-0.2, 0) is 17.6 Å². The molecule has 34 heavy (non-hydrogen) atoms. The summed E-state index contributed by atoms with van der Waals surface area (Å²) in [6, 6.07) is 8.46. The lowest BCUT2D eigenvalue weighted by Crippen LogP contribution is -2.49. The highest BCUT2D eigenvalue weighted by Crippen LogP contribution is 2.32. The van der Waals surface area contributed by atoms with Gasteiger partial charge in [0.25, 0.3) is 5.91 Å². The molecule has 6 nitrogen and oxygen atoms in total. The molecule has 10 heteroatoms. The number of rotatable bonds is 6. The number of aromatic nitrogens is 1. The van der Waals surface area contributed by atoms with Gasteiger partial charge in [-0.25, -0.2) is 9.78 Å². The molecule has 0 spiro atoms. The molecule has 0 aliphatic carbocycles. The van der Waals surface area contributed by atoms with Gasteiger partial charge >= 0.3 is 12.1 Å². The Balaban J connectivity index is 1.98. The van der Waals surface area contributed by atoms with Crippen molar-refractivity contribution in [2.75, 3.05) is 0 Å². The molecule has 1 amide bonds. The molecule has 0 saturated carbocycles. The summed E-state index contributed by atoms with van der Waals surface area (Å²) in [5.41, 5.74) is -1.35. The molecule has 3 rings (SSSR count). The molecule has 0 radical (unpaired) electrons. The molecule has 3 aromatic rings. The van der Waals surface area contributed by atoms with Gasteiger partial charge in [-0.3, -0.25) is 4.79 Å². The van der Waals surface area contributed by atoms with Gasteiger partial charge in [-0.15, -0.1) is 0 Å². The molecule has 180 valence electrons. The normalized spacial score (nSPS) is 12.9. The maximum Gasteiger partial charge on any atom is 0.416 e. The largest absolute Gasteiger partial charge is 0.486 e. The second kappa shape index (κ2) is 9.28. The van der Waals surface area contributed by atoms with Gasteiger partial charge in [0.1, 0.15) is 18.2 Å². The number of benzene rings is 2. The molecular formula is C24H22F4N2O4. The molecule has 0 saturated heterocycles. The van der Waals surface area contributed by atoms with Crippen LogP contribution < -0.4 is 10.1 Å². The van der Waals surface area contributed by atoms with Gasteiger partial charge in [-0.05, 0) is 41.3 Å². The maximum absolute atomic E-state index is 13.9. The first-order valence-electron chi connectivity index (χ1n) is 10.2. The molecule has 0 aliphatic rings. The zero-order valence-corrected chi connectivity index (χ0v) is 18.5. The summed E-state index contributed by atoms with van der Waals surface area (Å²) in [5.74, 6) is -2.97. The fraction of sp³-hybridized carbons (Fsp3) is 0.292. The molecule has 1 heterocycles. The Kier molecular flexibility index (Phi) is 6.81. The predicted molar refractivity (Wildman–Crippen MR) is 116 cm³/mol. The highest BCUT2D eigenvalue weighted by atomic mass is 19.4. The fourth-order valence-electron chi connectivity index (χ4n) is 3.27. The average Bonchev–Trinajstić information content (AvgIpc) is 2.74. The average molecular weight is 478 g/mol. The number of halogens is 4. The number of carbonyl (C=O) groups excluding carboxylic acids is 1. The number of pyridine rings is 1. The fourth-order valence-corrected chi connectivity index (χ4v) is 3.27. The molecule has 1 aromatic heterocycles. The van der Waals surface area contributed by atoms with Crippen LogP contribution in [0.2, 0.25) is 0 Å². The SMILES string of the molecule is CC(C)(C)[C@H](NC(=O)c1ccc2ccc(F)nc2c1OCc1ccc(C(F)(F)F)cc1)C(=O)O.